The van der Waals surface area contributed by atoms with Crippen molar-refractivity contribution in [3.8, 4) is 5.75 Å². The average molecular weight is 273 g/mol. The van der Waals surface area contributed by atoms with E-state index in [2.05, 4.69) is 4.74 Å². The molecule has 1 aliphatic carbocycles. The number of rotatable bonds is 3. The monoisotopic (exact) mass is 273 g/mol. The number of hydrogen-bond acceptors (Lipinski definition) is 2. The zero-order valence-corrected chi connectivity index (χ0v) is 10.7. The molecule has 0 aliphatic heterocycles. The third kappa shape index (κ3) is 3.41. The predicted octanol–water partition coefficient (Wildman–Crippen LogP) is 3.75. The summed E-state index contributed by atoms with van der Waals surface area (Å²) in [5.41, 5.74) is 6.55. The Morgan fingerprint density at radius 3 is 2.42 bits per heavy atom. The Labute approximate surface area is 110 Å². The van der Waals surface area contributed by atoms with Crippen LogP contribution in [0.15, 0.2) is 24.3 Å². The molecule has 0 heterocycles. The fourth-order valence-electron chi connectivity index (χ4n) is 2.86. The second-order valence-corrected chi connectivity index (χ2v) is 5.12. The molecule has 0 aromatic heterocycles. The summed E-state index contributed by atoms with van der Waals surface area (Å²) in [5.74, 6) is -0.164. The highest BCUT2D eigenvalue weighted by Gasteiger charge is 2.34. The molecule has 0 saturated heterocycles. The van der Waals surface area contributed by atoms with Crippen LogP contribution in [0.4, 0.5) is 13.2 Å². The molecular formula is C14H18F3NO. The van der Waals surface area contributed by atoms with Gasteiger partial charge >= 0.3 is 6.36 Å². The maximum absolute atomic E-state index is 12.2. The number of halogens is 3. The minimum Gasteiger partial charge on any atom is -0.406 e. The molecule has 0 radical (unpaired) electrons. The quantitative estimate of drug-likeness (QED) is 0.910. The van der Waals surface area contributed by atoms with Crippen molar-refractivity contribution in [2.24, 2.45) is 5.73 Å². The first-order chi connectivity index (χ1) is 8.95. The maximum atomic E-state index is 12.2. The smallest absolute Gasteiger partial charge is 0.406 e. The van der Waals surface area contributed by atoms with Crippen molar-refractivity contribution in [2.75, 3.05) is 6.54 Å². The van der Waals surface area contributed by atoms with Crippen LogP contribution in [-0.4, -0.2) is 12.9 Å². The lowest BCUT2D eigenvalue weighted by Gasteiger charge is -2.37. The van der Waals surface area contributed by atoms with Crippen LogP contribution < -0.4 is 10.5 Å². The molecule has 1 aromatic carbocycles. The summed E-state index contributed by atoms with van der Waals surface area (Å²) < 4.78 is 40.7. The molecule has 1 fully saturated rings. The molecule has 1 saturated carbocycles. The van der Waals surface area contributed by atoms with Crippen LogP contribution in [0.3, 0.4) is 0 Å². The van der Waals surface area contributed by atoms with Crippen LogP contribution >= 0.6 is 0 Å². The van der Waals surface area contributed by atoms with Gasteiger partial charge in [-0.3, -0.25) is 0 Å². The molecule has 19 heavy (non-hydrogen) atoms. The first kappa shape index (κ1) is 14.2. The Kier molecular flexibility index (Phi) is 4.04. The van der Waals surface area contributed by atoms with Crippen molar-refractivity contribution in [2.45, 2.75) is 43.9 Å². The van der Waals surface area contributed by atoms with E-state index in [9.17, 15) is 13.2 Å². The minimum atomic E-state index is -4.65. The van der Waals surface area contributed by atoms with Gasteiger partial charge in [-0.1, -0.05) is 31.4 Å². The second-order valence-electron chi connectivity index (χ2n) is 5.12. The van der Waals surface area contributed by atoms with Gasteiger partial charge in [0, 0.05) is 12.0 Å². The Hall–Kier alpha value is -1.23. The first-order valence-electron chi connectivity index (χ1n) is 6.52. The molecule has 2 nitrogen and oxygen atoms in total. The van der Waals surface area contributed by atoms with Crippen LogP contribution in [-0.2, 0) is 5.41 Å². The summed E-state index contributed by atoms with van der Waals surface area (Å²) in [5, 5.41) is 0. The lowest BCUT2D eigenvalue weighted by molar-refractivity contribution is -0.274. The normalized spacial score (nSPS) is 19.2. The molecule has 0 amide bonds. The third-order valence-electron chi connectivity index (χ3n) is 3.88. The standard InChI is InChI=1S/C14H18F3NO/c15-14(16,17)19-12-6-4-5-11(9-12)13(10-18)7-2-1-3-8-13/h4-6,9H,1-3,7-8,10,18H2. The van der Waals surface area contributed by atoms with Crippen molar-refractivity contribution in [3.63, 3.8) is 0 Å². The van der Waals surface area contributed by atoms with Gasteiger partial charge in [0.05, 0.1) is 0 Å². The van der Waals surface area contributed by atoms with Gasteiger partial charge in [-0.05, 0) is 30.5 Å². The van der Waals surface area contributed by atoms with E-state index in [-0.39, 0.29) is 11.2 Å². The van der Waals surface area contributed by atoms with Crippen molar-refractivity contribution >= 4 is 0 Å². The molecule has 0 spiro atoms. The van der Waals surface area contributed by atoms with Crippen LogP contribution in [0.2, 0.25) is 0 Å². The molecule has 106 valence electrons. The van der Waals surface area contributed by atoms with Crippen molar-refractivity contribution in [1.82, 2.24) is 0 Å². The van der Waals surface area contributed by atoms with Gasteiger partial charge < -0.3 is 10.5 Å². The van der Waals surface area contributed by atoms with E-state index in [1.54, 1.807) is 6.07 Å². The lowest BCUT2D eigenvalue weighted by Crippen LogP contribution is -2.37. The Morgan fingerprint density at radius 2 is 1.84 bits per heavy atom. The zero-order chi connectivity index (χ0) is 13.9. The van der Waals surface area contributed by atoms with E-state index in [1.807, 2.05) is 6.07 Å². The van der Waals surface area contributed by atoms with Crippen LogP contribution in [0.25, 0.3) is 0 Å². The van der Waals surface area contributed by atoms with E-state index in [4.69, 9.17) is 5.73 Å². The summed E-state index contributed by atoms with van der Waals surface area (Å²) in [4.78, 5) is 0. The van der Waals surface area contributed by atoms with Crippen LogP contribution in [0.5, 0.6) is 5.75 Å². The summed E-state index contributed by atoms with van der Waals surface area (Å²) in [6.45, 7) is 0.461. The van der Waals surface area contributed by atoms with Gasteiger partial charge in [-0.15, -0.1) is 13.2 Å². The Morgan fingerprint density at radius 1 is 1.16 bits per heavy atom. The Bertz CT molecular complexity index is 425. The maximum Gasteiger partial charge on any atom is 0.573 e. The van der Waals surface area contributed by atoms with Crippen LogP contribution in [0, 0.1) is 0 Å². The van der Waals surface area contributed by atoms with Gasteiger partial charge in [-0.2, -0.15) is 0 Å². The molecule has 0 bridgehead atoms. The van der Waals surface area contributed by atoms with Gasteiger partial charge in [-0.25, -0.2) is 0 Å². The van der Waals surface area contributed by atoms with Gasteiger partial charge in [0.1, 0.15) is 5.75 Å². The lowest BCUT2D eigenvalue weighted by atomic mass is 9.69. The molecule has 0 unspecified atom stereocenters. The topological polar surface area (TPSA) is 35.2 Å². The first-order valence-corrected chi connectivity index (χ1v) is 6.52. The van der Waals surface area contributed by atoms with Crippen LogP contribution in [0.1, 0.15) is 37.7 Å². The summed E-state index contributed by atoms with van der Waals surface area (Å²) >= 11 is 0. The molecule has 1 aliphatic rings. The summed E-state index contributed by atoms with van der Waals surface area (Å²) in [6.07, 6.45) is 0.516. The second kappa shape index (κ2) is 5.41. The highest BCUT2D eigenvalue weighted by atomic mass is 19.4. The largest absolute Gasteiger partial charge is 0.573 e. The van der Waals surface area contributed by atoms with Gasteiger partial charge in [0.25, 0.3) is 0 Å². The highest BCUT2D eigenvalue weighted by Crippen LogP contribution is 2.40. The number of hydrogen-bond donors (Lipinski definition) is 1. The van der Waals surface area contributed by atoms with E-state index >= 15 is 0 Å². The average Bonchev–Trinajstić information content (AvgIpc) is 2.38. The fourth-order valence-corrected chi connectivity index (χ4v) is 2.86. The van der Waals surface area contributed by atoms with Crippen molar-refractivity contribution < 1.29 is 17.9 Å². The zero-order valence-electron chi connectivity index (χ0n) is 10.7. The fraction of sp³-hybridized carbons (Fsp3) is 0.571. The summed E-state index contributed by atoms with van der Waals surface area (Å²) in [6, 6.07) is 6.25. The minimum absolute atomic E-state index is 0.164. The molecule has 2 N–H and O–H groups in total. The third-order valence-corrected chi connectivity index (χ3v) is 3.88. The number of nitrogens with two attached hydrogens (primary N) is 1. The molecular weight excluding hydrogens is 255 g/mol. The van der Waals surface area contributed by atoms with Gasteiger partial charge in [0.15, 0.2) is 0 Å². The predicted molar refractivity (Wildman–Crippen MR) is 66.9 cm³/mol. The molecule has 0 atom stereocenters. The molecule has 1 aromatic rings. The van der Waals surface area contributed by atoms with Gasteiger partial charge in [0.2, 0.25) is 0 Å². The van der Waals surface area contributed by atoms with Crippen molar-refractivity contribution in [1.29, 1.82) is 0 Å². The van der Waals surface area contributed by atoms with E-state index in [0.717, 1.165) is 31.2 Å². The van der Waals surface area contributed by atoms with E-state index < -0.39 is 6.36 Å². The molecule has 2 rings (SSSR count). The van der Waals surface area contributed by atoms with E-state index in [0.29, 0.717) is 6.54 Å². The Balaban J connectivity index is 2.26. The van der Waals surface area contributed by atoms with Crippen molar-refractivity contribution in [3.05, 3.63) is 29.8 Å². The summed E-state index contributed by atoms with van der Waals surface area (Å²) in [7, 11) is 0. The molecule has 5 heteroatoms. The highest BCUT2D eigenvalue weighted by molar-refractivity contribution is 5.34. The number of benzene rings is 1. The SMILES string of the molecule is NCC1(c2cccc(OC(F)(F)F)c2)CCCCC1. The number of alkyl halides is 3. The number of ether oxygens (including phenoxy) is 1. The van der Waals surface area contributed by atoms with E-state index in [1.165, 1.54) is 18.6 Å².